The Bertz CT molecular complexity index is 457. The summed E-state index contributed by atoms with van der Waals surface area (Å²) in [6, 6.07) is 0. The predicted octanol–water partition coefficient (Wildman–Crippen LogP) is 2.71. The maximum absolute atomic E-state index is 11.6. The number of ether oxygens (including phenoxy) is 1. The summed E-state index contributed by atoms with van der Waals surface area (Å²) in [5.74, 6) is 0.160. The number of esters is 1. The van der Waals surface area contributed by atoms with E-state index in [4.69, 9.17) is 4.74 Å². The molecule has 1 amide bonds. The molecular weight excluding hydrogens is 276 g/mol. The van der Waals surface area contributed by atoms with E-state index in [1.54, 1.807) is 24.1 Å². The van der Waals surface area contributed by atoms with E-state index in [9.17, 15) is 9.59 Å². The molecular formula is C14H22N2O3S. The molecule has 0 aromatic carbocycles. The standard InChI is InChI=1S/C14H22N2O3S/c1-5-19-14(18)12-9-20-13(15-12)8-16(11(4)17)7-6-10(2)3/h9-10H,5-8H2,1-4H3. The first kappa shape index (κ1) is 16.6. The van der Waals surface area contributed by atoms with Gasteiger partial charge in [-0.2, -0.15) is 0 Å². The maximum Gasteiger partial charge on any atom is 0.357 e. The van der Waals surface area contributed by atoms with Gasteiger partial charge < -0.3 is 9.64 Å². The van der Waals surface area contributed by atoms with E-state index in [2.05, 4.69) is 18.8 Å². The van der Waals surface area contributed by atoms with E-state index in [0.717, 1.165) is 11.4 Å². The minimum absolute atomic E-state index is 0.0264. The van der Waals surface area contributed by atoms with Gasteiger partial charge in [-0.1, -0.05) is 13.8 Å². The summed E-state index contributed by atoms with van der Waals surface area (Å²) in [6.45, 7) is 9.06. The number of hydrogen-bond donors (Lipinski definition) is 0. The van der Waals surface area contributed by atoms with Crippen molar-refractivity contribution in [3.8, 4) is 0 Å². The van der Waals surface area contributed by atoms with Crippen molar-refractivity contribution in [3.05, 3.63) is 16.1 Å². The number of hydrogen-bond acceptors (Lipinski definition) is 5. The maximum atomic E-state index is 11.6. The van der Waals surface area contributed by atoms with Gasteiger partial charge in [0, 0.05) is 18.8 Å². The smallest absolute Gasteiger partial charge is 0.357 e. The van der Waals surface area contributed by atoms with Gasteiger partial charge in [0.25, 0.3) is 0 Å². The molecule has 0 aliphatic rings. The molecule has 1 aromatic rings. The van der Waals surface area contributed by atoms with Gasteiger partial charge in [0.2, 0.25) is 5.91 Å². The van der Waals surface area contributed by atoms with E-state index < -0.39 is 5.97 Å². The fourth-order valence-electron chi connectivity index (χ4n) is 1.61. The first-order chi connectivity index (χ1) is 9.43. The average Bonchev–Trinajstić information content (AvgIpc) is 2.82. The lowest BCUT2D eigenvalue weighted by Gasteiger charge is -2.20. The fourth-order valence-corrected chi connectivity index (χ4v) is 2.39. The van der Waals surface area contributed by atoms with Crippen LogP contribution >= 0.6 is 11.3 Å². The number of carbonyl (C=O) groups is 2. The Morgan fingerprint density at radius 3 is 2.70 bits per heavy atom. The fraction of sp³-hybridized carbons (Fsp3) is 0.643. The summed E-state index contributed by atoms with van der Waals surface area (Å²) in [7, 11) is 0. The minimum atomic E-state index is -0.411. The molecule has 0 fully saturated rings. The van der Waals surface area contributed by atoms with Crippen LogP contribution in [0.3, 0.4) is 0 Å². The molecule has 0 saturated heterocycles. The summed E-state index contributed by atoms with van der Waals surface area (Å²) in [5.41, 5.74) is 0.319. The first-order valence-corrected chi connectivity index (χ1v) is 7.69. The summed E-state index contributed by atoms with van der Waals surface area (Å²) in [6.07, 6.45) is 0.954. The summed E-state index contributed by atoms with van der Waals surface area (Å²) >= 11 is 1.38. The van der Waals surface area contributed by atoms with Gasteiger partial charge in [0.05, 0.1) is 13.2 Å². The van der Waals surface area contributed by atoms with Crippen molar-refractivity contribution < 1.29 is 14.3 Å². The van der Waals surface area contributed by atoms with Crippen LogP contribution < -0.4 is 0 Å². The van der Waals surface area contributed by atoms with Crippen LogP contribution in [-0.4, -0.2) is 34.9 Å². The van der Waals surface area contributed by atoms with E-state index in [1.165, 1.54) is 11.3 Å². The number of carbonyl (C=O) groups excluding carboxylic acids is 2. The highest BCUT2D eigenvalue weighted by Crippen LogP contribution is 2.14. The van der Waals surface area contributed by atoms with Gasteiger partial charge >= 0.3 is 5.97 Å². The second kappa shape index (κ2) is 7.99. The molecule has 0 aliphatic heterocycles. The van der Waals surface area contributed by atoms with Crippen molar-refractivity contribution in [2.75, 3.05) is 13.2 Å². The Morgan fingerprint density at radius 2 is 2.15 bits per heavy atom. The molecule has 6 heteroatoms. The molecule has 5 nitrogen and oxygen atoms in total. The highest BCUT2D eigenvalue weighted by atomic mass is 32.1. The zero-order valence-electron chi connectivity index (χ0n) is 12.5. The second-order valence-electron chi connectivity index (χ2n) is 4.97. The third-order valence-corrected chi connectivity index (χ3v) is 3.62. The number of rotatable bonds is 7. The average molecular weight is 298 g/mol. The first-order valence-electron chi connectivity index (χ1n) is 6.81. The van der Waals surface area contributed by atoms with Gasteiger partial charge in [-0.05, 0) is 19.3 Å². The van der Waals surface area contributed by atoms with Crippen LogP contribution in [0.25, 0.3) is 0 Å². The molecule has 1 aromatic heterocycles. The molecule has 1 heterocycles. The molecule has 0 atom stereocenters. The largest absolute Gasteiger partial charge is 0.461 e. The van der Waals surface area contributed by atoms with Gasteiger partial charge in [0.15, 0.2) is 5.69 Å². The van der Waals surface area contributed by atoms with Gasteiger partial charge in [-0.15, -0.1) is 11.3 Å². The molecule has 112 valence electrons. The Balaban J connectivity index is 2.65. The van der Waals surface area contributed by atoms with Gasteiger partial charge in [0.1, 0.15) is 5.01 Å². The summed E-state index contributed by atoms with van der Waals surface area (Å²) in [5, 5.41) is 2.43. The zero-order chi connectivity index (χ0) is 15.1. The number of amides is 1. The normalized spacial score (nSPS) is 10.7. The Morgan fingerprint density at radius 1 is 1.45 bits per heavy atom. The molecule has 0 radical (unpaired) electrons. The Hall–Kier alpha value is -1.43. The van der Waals surface area contributed by atoms with Crippen LogP contribution in [-0.2, 0) is 16.1 Å². The van der Waals surface area contributed by atoms with Crippen molar-refractivity contribution in [2.24, 2.45) is 5.92 Å². The van der Waals surface area contributed by atoms with Crippen molar-refractivity contribution in [3.63, 3.8) is 0 Å². The zero-order valence-corrected chi connectivity index (χ0v) is 13.3. The van der Waals surface area contributed by atoms with Gasteiger partial charge in [-0.3, -0.25) is 4.79 Å². The van der Waals surface area contributed by atoms with Crippen LogP contribution in [0, 0.1) is 5.92 Å². The van der Waals surface area contributed by atoms with Crippen molar-refractivity contribution in [2.45, 2.75) is 40.7 Å². The lowest BCUT2D eigenvalue weighted by Crippen LogP contribution is -2.30. The third kappa shape index (κ3) is 5.28. The van der Waals surface area contributed by atoms with Crippen LogP contribution in [0.2, 0.25) is 0 Å². The minimum Gasteiger partial charge on any atom is -0.461 e. The number of thiazole rings is 1. The van der Waals surface area contributed by atoms with Crippen LogP contribution in [0.1, 0.15) is 49.6 Å². The van der Waals surface area contributed by atoms with Crippen LogP contribution in [0.4, 0.5) is 0 Å². The highest BCUT2D eigenvalue weighted by Gasteiger charge is 2.15. The summed E-state index contributed by atoms with van der Waals surface area (Å²) < 4.78 is 4.90. The van der Waals surface area contributed by atoms with Gasteiger partial charge in [-0.25, -0.2) is 9.78 Å². The molecule has 0 bridgehead atoms. The molecule has 0 spiro atoms. The second-order valence-corrected chi connectivity index (χ2v) is 5.91. The van der Waals surface area contributed by atoms with Crippen molar-refractivity contribution in [1.82, 2.24) is 9.88 Å². The molecule has 1 rings (SSSR count). The van der Waals surface area contributed by atoms with E-state index in [-0.39, 0.29) is 5.91 Å². The lowest BCUT2D eigenvalue weighted by atomic mass is 10.1. The number of nitrogens with zero attached hydrogens (tertiary/aromatic N) is 2. The quantitative estimate of drug-likeness (QED) is 0.726. The van der Waals surface area contributed by atoms with E-state index >= 15 is 0 Å². The van der Waals surface area contributed by atoms with Crippen LogP contribution in [0.5, 0.6) is 0 Å². The third-order valence-electron chi connectivity index (χ3n) is 2.78. The Kier molecular flexibility index (Phi) is 6.64. The monoisotopic (exact) mass is 298 g/mol. The Labute approximate surface area is 124 Å². The van der Waals surface area contributed by atoms with E-state index in [0.29, 0.717) is 31.3 Å². The molecule has 0 N–H and O–H groups in total. The lowest BCUT2D eigenvalue weighted by molar-refractivity contribution is -0.129. The van der Waals surface area contributed by atoms with Crippen molar-refractivity contribution in [1.29, 1.82) is 0 Å². The van der Waals surface area contributed by atoms with Crippen LogP contribution in [0.15, 0.2) is 5.38 Å². The molecule has 0 unspecified atom stereocenters. The topological polar surface area (TPSA) is 59.5 Å². The van der Waals surface area contributed by atoms with Crippen molar-refractivity contribution >= 4 is 23.2 Å². The summed E-state index contributed by atoms with van der Waals surface area (Å²) in [4.78, 5) is 29.1. The molecule has 0 saturated carbocycles. The highest BCUT2D eigenvalue weighted by molar-refractivity contribution is 7.09. The number of aromatic nitrogens is 1. The predicted molar refractivity (Wildman–Crippen MR) is 78.6 cm³/mol. The SMILES string of the molecule is CCOC(=O)c1csc(CN(CCC(C)C)C(C)=O)n1. The molecule has 20 heavy (non-hydrogen) atoms. The van der Waals surface area contributed by atoms with E-state index in [1.807, 2.05) is 0 Å². The molecule has 0 aliphatic carbocycles.